The lowest BCUT2D eigenvalue weighted by Gasteiger charge is -2.08. The van der Waals surface area contributed by atoms with Crippen molar-refractivity contribution >= 4 is 0 Å². The molecular formula is C18H30O2. The number of benzene rings is 1. The molecule has 0 aromatic heterocycles. The molecule has 2 heteroatoms. The van der Waals surface area contributed by atoms with Gasteiger partial charge in [0, 0.05) is 6.61 Å². The van der Waals surface area contributed by atoms with E-state index in [9.17, 15) is 5.11 Å². The molecule has 0 saturated heterocycles. The van der Waals surface area contributed by atoms with Crippen LogP contribution in [0.2, 0.25) is 0 Å². The highest BCUT2D eigenvalue weighted by Gasteiger charge is 2.01. The number of hydrogen-bond acceptors (Lipinski definition) is 2. The van der Waals surface area contributed by atoms with Crippen LogP contribution in [0.25, 0.3) is 0 Å². The Bertz CT molecular complexity index is 310. The topological polar surface area (TPSA) is 29.5 Å². The Morgan fingerprint density at radius 1 is 0.950 bits per heavy atom. The highest BCUT2D eigenvalue weighted by atomic mass is 16.5. The molecule has 0 aliphatic heterocycles. The summed E-state index contributed by atoms with van der Waals surface area (Å²) in [6.07, 6.45) is 8.96. The normalized spacial score (nSPS) is 12.5. The molecule has 0 bridgehead atoms. The van der Waals surface area contributed by atoms with Gasteiger partial charge in [0.2, 0.25) is 0 Å². The third kappa shape index (κ3) is 9.11. The van der Waals surface area contributed by atoms with Crippen LogP contribution in [0, 0.1) is 0 Å². The first-order valence-electron chi connectivity index (χ1n) is 8.12. The van der Waals surface area contributed by atoms with E-state index < -0.39 is 0 Å². The van der Waals surface area contributed by atoms with E-state index in [1.807, 2.05) is 18.2 Å². The lowest BCUT2D eigenvalue weighted by Crippen LogP contribution is -2.04. The summed E-state index contributed by atoms with van der Waals surface area (Å²) in [5.74, 6) is 0. The summed E-state index contributed by atoms with van der Waals surface area (Å²) in [5.41, 5.74) is 1.25. The average molecular weight is 278 g/mol. The molecule has 1 aromatic carbocycles. The van der Waals surface area contributed by atoms with Crippen LogP contribution < -0.4 is 0 Å². The summed E-state index contributed by atoms with van der Waals surface area (Å²) in [4.78, 5) is 0. The number of ether oxygens (including phenoxy) is 1. The molecule has 1 rings (SSSR count). The van der Waals surface area contributed by atoms with Crippen molar-refractivity contribution in [3.63, 3.8) is 0 Å². The summed E-state index contributed by atoms with van der Waals surface area (Å²) >= 11 is 0. The maximum absolute atomic E-state index is 9.61. The fourth-order valence-electron chi connectivity index (χ4n) is 2.36. The lowest BCUT2D eigenvalue weighted by molar-refractivity contribution is 0.116. The largest absolute Gasteiger partial charge is 0.393 e. The second kappa shape index (κ2) is 11.9. The van der Waals surface area contributed by atoms with Crippen molar-refractivity contribution in [2.45, 2.75) is 71.0 Å². The molecule has 0 saturated carbocycles. The van der Waals surface area contributed by atoms with Gasteiger partial charge in [-0.3, -0.25) is 0 Å². The first kappa shape index (κ1) is 17.2. The van der Waals surface area contributed by atoms with Crippen LogP contribution in [0.15, 0.2) is 30.3 Å². The first-order chi connectivity index (χ1) is 9.83. The van der Waals surface area contributed by atoms with Crippen molar-refractivity contribution in [3.8, 4) is 0 Å². The molecule has 0 radical (unpaired) electrons. The maximum atomic E-state index is 9.61. The summed E-state index contributed by atoms with van der Waals surface area (Å²) in [7, 11) is 0. The van der Waals surface area contributed by atoms with Crippen molar-refractivity contribution in [1.82, 2.24) is 0 Å². The number of aliphatic hydroxyl groups is 1. The van der Waals surface area contributed by atoms with E-state index >= 15 is 0 Å². The van der Waals surface area contributed by atoms with Gasteiger partial charge in [0.05, 0.1) is 12.7 Å². The van der Waals surface area contributed by atoms with Crippen molar-refractivity contribution in [2.75, 3.05) is 6.61 Å². The number of rotatable bonds is 12. The molecule has 1 atom stereocenters. The number of aliphatic hydroxyl groups excluding tert-OH is 1. The predicted octanol–water partition coefficient (Wildman–Crippen LogP) is 4.70. The zero-order valence-electron chi connectivity index (χ0n) is 12.9. The maximum Gasteiger partial charge on any atom is 0.0716 e. The van der Waals surface area contributed by atoms with E-state index in [2.05, 4.69) is 19.1 Å². The number of hydrogen-bond donors (Lipinski definition) is 1. The number of unbranched alkanes of at least 4 members (excludes halogenated alkanes) is 4. The third-order valence-electron chi connectivity index (χ3n) is 3.56. The van der Waals surface area contributed by atoms with Crippen LogP contribution in [0.4, 0.5) is 0 Å². The molecule has 0 heterocycles. The van der Waals surface area contributed by atoms with Gasteiger partial charge >= 0.3 is 0 Å². The molecule has 0 amide bonds. The third-order valence-corrected chi connectivity index (χ3v) is 3.56. The van der Waals surface area contributed by atoms with Crippen LogP contribution in [0.3, 0.4) is 0 Å². The second-order valence-corrected chi connectivity index (χ2v) is 5.54. The molecule has 0 aliphatic carbocycles. The minimum Gasteiger partial charge on any atom is -0.393 e. The molecule has 0 aliphatic rings. The van der Waals surface area contributed by atoms with E-state index in [1.165, 1.54) is 24.8 Å². The lowest BCUT2D eigenvalue weighted by atomic mass is 10.1. The van der Waals surface area contributed by atoms with Gasteiger partial charge in [0.15, 0.2) is 0 Å². The zero-order chi connectivity index (χ0) is 14.5. The van der Waals surface area contributed by atoms with Gasteiger partial charge in [-0.2, -0.15) is 0 Å². The zero-order valence-corrected chi connectivity index (χ0v) is 12.9. The standard InChI is InChI=1S/C18H30O2/c1-2-11-18(19)14-9-4-3-5-10-15-20-16-17-12-7-6-8-13-17/h6-8,12-13,18-19H,2-5,9-11,14-16H2,1H3. The Kier molecular flexibility index (Phi) is 10.3. The van der Waals surface area contributed by atoms with Crippen LogP contribution >= 0.6 is 0 Å². The summed E-state index contributed by atoms with van der Waals surface area (Å²) in [5, 5.41) is 9.61. The van der Waals surface area contributed by atoms with Gasteiger partial charge in [0.1, 0.15) is 0 Å². The molecular weight excluding hydrogens is 248 g/mol. The van der Waals surface area contributed by atoms with Crippen molar-refractivity contribution < 1.29 is 9.84 Å². The van der Waals surface area contributed by atoms with Gasteiger partial charge in [-0.1, -0.05) is 69.4 Å². The van der Waals surface area contributed by atoms with E-state index in [4.69, 9.17) is 4.74 Å². The van der Waals surface area contributed by atoms with Crippen LogP contribution in [-0.4, -0.2) is 17.8 Å². The SMILES string of the molecule is CCCC(O)CCCCCCCOCc1ccccc1. The average Bonchev–Trinajstić information content (AvgIpc) is 2.47. The minimum absolute atomic E-state index is 0.0748. The molecule has 0 spiro atoms. The first-order valence-corrected chi connectivity index (χ1v) is 8.12. The Morgan fingerprint density at radius 2 is 1.65 bits per heavy atom. The smallest absolute Gasteiger partial charge is 0.0716 e. The quantitative estimate of drug-likeness (QED) is 0.561. The monoisotopic (exact) mass is 278 g/mol. The van der Waals surface area contributed by atoms with E-state index in [0.717, 1.165) is 45.3 Å². The highest BCUT2D eigenvalue weighted by molar-refractivity contribution is 5.13. The summed E-state index contributed by atoms with van der Waals surface area (Å²) < 4.78 is 5.66. The minimum atomic E-state index is -0.0748. The van der Waals surface area contributed by atoms with Gasteiger partial charge in [-0.15, -0.1) is 0 Å². The molecule has 1 unspecified atom stereocenters. The Morgan fingerprint density at radius 3 is 2.40 bits per heavy atom. The van der Waals surface area contributed by atoms with E-state index in [0.29, 0.717) is 0 Å². The van der Waals surface area contributed by atoms with Crippen LogP contribution in [-0.2, 0) is 11.3 Å². The van der Waals surface area contributed by atoms with Gasteiger partial charge in [0.25, 0.3) is 0 Å². The fourth-order valence-corrected chi connectivity index (χ4v) is 2.36. The Balaban J connectivity index is 1.83. The van der Waals surface area contributed by atoms with Crippen LogP contribution in [0.5, 0.6) is 0 Å². The molecule has 20 heavy (non-hydrogen) atoms. The van der Waals surface area contributed by atoms with Gasteiger partial charge in [-0.05, 0) is 24.8 Å². The van der Waals surface area contributed by atoms with Crippen molar-refractivity contribution in [3.05, 3.63) is 35.9 Å². The highest BCUT2D eigenvalue weighted by Crippen LogP contribution is 2.10. The Labute approximate surface area is 124 Å². The molecule has 114 valence electrons. The molecule has 1 N–H and O–H groups in total. The molecule has 1 aromatic rings. The molecule has 0 fully saturated rings. The summed E-state index contributed by atoms with van der Waals surface area (Å²) in [6, 6.07) is 10.3. The van der Waals surface area contributed by atoms with Crippen LogP contribution in [0.1, 0.15) is 63.9 Å². The van der Waals surface area contributed by atoms with Gasteiger partial charge in [-0.25, -0.2) is 0 Å². The molecule has 2 nitrogen and oxygen atoms in total. The van der Waals surface area contributed by atoms with Gasteiger partial charge < -0.3 is 9.84 Å². The van der Waals surface area contributed by atoms with E-state index in [-0.39, 0.29) is 6.10 Å². The fraction of sp³-hybridized carbons (Fsp3) is 0.667. The second-order valence-electron chi connectivity index (χ2n) is 5.54. The predicted molar refractivity (Wildman–Crippen MR) is 84.7 cm³/mol. The van der Waals surface area contributed by atoms with Crippen molar-refractivity contribution in [1.29, 1.82) is 0 Å². The van der Waals surface area contributed by atoms with E-state index in [1.54, 1.807) is 0 Å². The Hall–Kier alpha value is -0.860. The van der Waals surface area contributed by atoms with Crippen molar-refractivity contribution in [2.24, 2.45) is 0 Å². The summed E-state index contributed by atoms with van der Waals surface area (Å²) in [6.45, 7) is 3.70.